The van der Waals surface area contributed by atoms with Crippen LogP contribution in [-0.4, -0.2) is 23.6 Å². The average Bonchev–Trinajstić information content (AvgIpc) is 3.53. The molecular weight excluding hydrogens is 422 g/mol. The lowest BCUT2D eigenvalue weighted by molar-refractivity contribution is -0.117. The minimum atomic E-state index is -0.843. The molecule has 1 atom stereocenters. The van der Waals surface area contributed by atoms with Crippen molar-refractivity contribution in [1.29, 1.82) is 0 Å². The Hall–Kier alpha value is -4.00. The number of fused-ring (bicyclic) bond motifs is 1. The lowest BCUT2D eigenvalue weighted by atomic mass is 9.85. The molecule has 0 fully saturated rings. The first-order valence-electron chi connectivity index (χ1n) is 10.6. The maximum absolute atomic E-state index is 13.3. The second-order valence-electron chi connectivity index (χ2n) is 9.06. The van der Waals surface area contributed by atoms with E-state index in [1.807, 2.05) is 24.3 Å². The predicted molar refractivity (Wildman–Crippen MR) is 121 cm³/mol. The van der Waals surface area contributed by atoms with Gasteiger partial charge in [-0.15, -0.1) is 0 Å². The molecule has 0 spiro atoms. The van der Waals surface area contributed by atoms with Gasteiger partial charge < -0.3 is 19.0 Å². The van der Waals surface area contributed by atoms with E-state index in [0.29, 0.717) is 22.7 Å². The maximum atomic E-state index is 13.3. The van der Waals surface area contributed by atoms with E-state index in [2.05, 4.69) is 20.8 Å². The highest BCUT2D eigenvalue weighted by Gasteiger charge is 2.45. The quantitative estimate of drug-likeness (QED) is 0.563. The lowest BCUT2D eigenvalue weighted by Crippen LogP contribution is -2.31. The number of aliphatic hydroxyl groups is 1. The number of ether oxygens (including phenoxy) is 2. The molecule has 7 heteroatoms. The van der Waals surface area contributed by atoms with Gasteiger partial charge in [-0.2, -0.15) is 0 Å². The fourth-order valence-corrected chi connectivity index (χ4v) is 4.16. The fraction of sp³-hybridized carbons (Fsp3) is 0.231. The van der Waals surface area contributed by atoms with E-state index >= 15 is 0 Å². The van der Waals surface area contributed by atoms with Gasteiger partial charge in [0.05, 0.1) is 17.9 Å². The van der Waals surface area contributed by atoms with Crippen LogP contribution in [0.4, 0.5) is 5.69 Å². The van der Waals surface area contributed by atoms with E-state index in [9.17, 15) is 14.7 Å². The molecular formula is C26H23NO6. The van der Waals surface area contributed by atoms with E-state index in [4.69, 9.17) is 13.9 Å². The van der Waals surface area contributed by atoms with Crippen LogP contribution in [0.1, 0.15) is 48.5 Å². The highest BCUT2D eigenvalue weighted by Crippen LogP contribution is 2.45. The first-order valence-corrected chi connectivity index (χ1v) is 10.6. The number of hydrogen-bond donors (Lipinski definition) is 1. The number of anilines is 1. The third-order valence-electron chi connectivity index (χ3n) is 5.92. The zero-order valence-corrected chi connectivity index (χ0v) is 18.5. The van der Waals surface area contributed by atoms with Gasteiger partial charge in [0.1, 0.15) is 0 Å². The zero-order valence-electron chi connectivity index (χ0n) is 18.5. The van der Waals surface area contributed by atoms with Gasteiger partial charge >= 0.3 is 0 Å². The summed E-state index contributed by atoms with van der Waals surface area (Å²) in [5.74, 6) is -0.701. The Morgan fingerprint density at radius 3 is 2.42 bits per heavy atom. The summed E-state index contributed by atoms with van der Waals surface area (Å²) >= 11 is 0. The van der Waals surface area contributed by atoms with E-state index in [0.717, 1.165) is 5.56 Å². The smallest absolute Gasteiger partial charge is 0.294 e. The van der Waals surface area contributed by atoms with Crippen LogP contribution in [0.2, 0.25) is 0 Å². The van der Waals surface area contributed by atoms with Gasteiger partial charge in [0.25, 0.3) is 5.91 Å². The van der Waals surface area contributed by atoms with Crippen LogP contribution in [0.3, 0.4) is 0 Å². The van der Waals surface area contributed by atoms with Crippen molar-refractivity contribution in [3.63, 3.8) is 0 Å². The summed E-state index contributed by atoms with van der Waals surface area (Å²) in [5.41, 5.74) is 2.18. The summed E-state index contributed by atoms with van der Waals surface area (Å²) in [7, 11) is 0. The van der Waals surface area contributed by atoms with Crippen molar-refractivity contribution < 1.29 is 28.6 Å². The Morgan fingerprint density at radius 2 is 1.76 bits per heavy atom. The summed E-state index contributed by atoms with van der Waals surface area (Å²) < 4.78 is 16.1. The number of benzene rings is 2. The summed E-state index contributed by atoms with van der Waals surface area (Å²) in [5, 5.41) is 10.8. The fourth-order valence-electron chi connectivity index (χ4n) is 4.16. The number of nitrogens with zero attached hydrogens (tertiary/aromatic N) is 1. The summed E-state index contributed by atoms with van der Waals surface area (Å²) in [6.45, 7) is 6.42. The molecule has 1 aromatic heterocycles. The van der Waals surface area contributed by atoms with Crippen molar-refractivity contribution in [2.75, 3.05) is 11.7 Å². The predicted octanol–water partition coefficient (Wildman–Crippen LogP) is 5.09. The third-order valence-corrected chi connectivity index (χ3v) is 5.92. The average molecular weight is 445 g/mol. The number of rotatable bonds is 4. The summed E-state index contributed by atoms with van der Waals surface area (Å²) in [6, 6.07) is 15.0. The first-order chi connectivity index (χ1) is 15.8. The van der Waals surface area contributed by atoms with Gasteiger partial charge in [-0.3, -0.25) is 14.5 Å². The van der Waals surface area contributed by atoms with Crippen LogP contribution in [0, 0.1) is 0 Å². The molecule has 0 bridgehead atoms. The Kier molecular flexibility index (Phi) is 4.78. The van der Waals surface area contributed by atoms with Gasteiger partial charge in [0.2, 0.25) is 12.6 Å². The van der Waals surface area contributed by atoms with E-state index < -0.39 is 23.5 Å². The van der Waals surface area contributed by atoms with Crippen LogP contribution in [-0.2, 0) is 10.2 Å². The molecule has 5 rings (SSSR count). The molecule has 3 heterocycles. The number of hydrogen-bond acceptors (Lipinski definition) is 6. The molecule has 2 aliphatic heterocycles. The van der Waals surface area contributed by atoms with Crippen molar-refractivity contribution >= 4 is 17.4 Å². The zero-order chi connectivity index (χ0) is 23.3. The van der Waals surface area contributed by atoms with Crippen molar-refractivity contribution in [2.45, 2.75) is 32.2 Å². The molecule has 168 valence electrons. The second kappa shape index (κ2) is 7.55. The van der Waals surface area contributed by atoms with Crippen molar-refractivity contribution in [3.05, 3.63) is 89.1 Å². The van der Waals surface area contributed by atoms with Crippen molar-refractivity contribution in [1.82, 2.24) is 0 Å². The molecule has 0 saturated heterocycles. The number of amides is 1. The first kappa shape index (κ1) is 20.9. The third kappa shape index (κ3) is 3.46. The van der Waals surface area contributed by atoms with Gasteiger partial charge in [0, 0.05) is 11.8 Å². The van der Waals surface area contributed by atoms with Gasteiger partial charge in [-0.05, 0) is 40.8 Å². The SMILES string of the molecule is CC(C)(C)c1ccc(C2C(C(=O)c3ccco3)=C(O)C(=O)N2c2ccc3c(c2)OCO3)cc1. The molecule has 0 radical (unpaired) electrons. The summed E-state index contributed by atoms with van der Waals surface area (Å²) in [4.78, 5) is 28.0. The lowest BCUT2D eigenvalue weighted by Gasteiger charge is -2.28. The van der Waals surface area contributed by atoms with Crippen molar-refractivity contribution in [3.8, 4) is 11.5 Å². The van der Waals surface area contributed by atoms with Gasteiger partial charge in [-0.25, -0.2) is 0 Å². The highest BCUT2D eigenvalue weighted by molar-refractivity contribution is 6.20. The molecule has 1 amide bonds. The van der Waals surface area contributed by atoms with Crippen LogP contribution in [0.5, 0.6) is 11.5 Å². The topological polar surface area (TPSA) is 89.2 Å². The number of furan rings is 1. The molecule has 0 saturated carbocycles. The Labute approximate surface area is 190 Å². The Bertz CT molecular complexity index is 1270. The van der Waals surface area contributed by atoms with E-state index in [1.54, 1.807) is 24.3 Å². The van der Waals surface area contributed by atoms with Gasteiger partial charge in [0.15, 0.2) is 23.0 Å². The highest BCUT2D eigenvalue weighted by atomic mass is 16.7. The largest absolute Gasteiger partial charge is 0.503 e. The molecule has 2 aliphatic rings. The summed E-state index contributed by atoms with van der Waals surface area (Å²) in [6.07, 6.45) is 1.38. The maximum Gasteiger partial charge on any atom is 0.294 e. The molecule has 33 heavy (non-hydrogen) atoms. The monoisotopic (exact) mass is 445 g/mol. The number of carbonyl (C=O) groups excluding carboxylic acids is 2. The molecule has 0 aliphatic carbocycles. The van der Waals surface area contributed by atoms with Crippen LogP contribution < -0.4 is 14.4 Å². The second-order valence-corrected chi connectivity index (χ2v) is 9.06. The van der Waals surface area contributed by atoms with Gasteiger partial charge in [-0.1, -0.05) is 45.0 Å². The van der Waals surface area contributed by atoms with Crippen LogP contribution in [0.15, 0.2) is 76.6 Å². The number of ketones is 1. The normalized spacial score (nSPS) is 17.7. The Balaban J connectivity index is 1.64. The molecule has 3 aromatic rings. The number of aliphatic hydroxyl groups excluding tert-OH is 1. The Morgan fingerprint density at radius 1 is 1.03 bits per heavy atom. The molecule has 2 aromatic carbocycles. The van der Waals surface area contributed by atoms with Crippen molar-refractivity contribution in [2.24, 2.45) is 0 Å². The minimum Gasteiger partial charge on any atom is -0.503 e. The van der Waals surface area contributed by atoms with Crippen LogP contribution in [0.25, 0.3) is 0 Å². The molecule has 1 unspecified atom stereocenters. The number of Topliss-reactive ketones (excluding diaryl/α,β-unsaturated/α-hetero) is 1. The molecule has 1 N–H and O–H groups in total. The number of carbonyl (C=O) groups is 2. The van der Waals surface area contributed by atoms with E-state index in [1.165, 1.54) is 17.2 Å². The van der Waals surface area contributed by atoms with E-state index in [-0.39, 0.29) is 23.5 Å². The molecule has 7 nitrogen and oxygen atoms in total. The van der Waals surface area contributed by atoms with Crippen LogP contribution >= 0.6 is 0 Å². The minimum absolute atomic E-state index is 0.0314. The standard InChI is InChI=1S/C26H23NO6/c1-26(2,3)16-8-6-15(7-9-16)22-21(23(28)19-5-4-12-31-19)24(29)25(30)27(22)17-10-11-18-20(13-17)33-14-32-18/h4-13,22,29H,14H2,1-3H3.